The molecule has 0 radical (unpaired) electrons. The molecule has 1 aliphatic heterocycles. The lowest BCUT2D eigenvalue weighted by Crippen LogP contribution is -2.36. The van der Waals surface area contributed by atoms with E-state index in [4.69, 9.17) is 4.74 Å². The highest BCUT2D eigenvalue weighted by Gasteiger charge is 2.19. The van der Waals surface area contributed by atoms with E-state index >= 15 is 0 Å². The van der Waals surface area contributed by atoms with Gasteiger partial charge in [-0.05, 0) is 55.7 Å². The first-order chi connectivity index (χ1) is 14.7. The van der Waals surface area contributed by atoms with Crippen molar-refractivity contribution in [1.29, 1.82) is 0 Å². The summed E-state index contributed by atoms with van der Waals surface area (Å²) in [4.78, 5) is 14.3. The minimum absolute atomic E-state index is 0.193. The Balaban J connectivity index is 1.27. The Hall–Kier alpha value is -2.02. The van der Waals surface area contributed by atoms with Crippen LogP contribution in [0.2, 0.25) is 0 Å². The van der Waals surface area contributed by atoms with Gasteiger partial charge in [0.15, 0.2) is 11.0 Å². The lowest BCUT2D eigenvalue weighted by molar-refractivity contribution is -0.129. The lowest BCUT2D eigenvalue weighted by Gasteiger charge is -2.26. The fraction of sp³-hybridized carbons (Fsp3) is 0.609. The van der Waals surface area contributed by atoms with Gasteiger partial charge in [-0.15, -0.1) is 10.2 Å². The average molecular weight is 429 g/mol. The largest absolute Gasteiger partial charge is 0.486 e. The van der Waals surface area contributed by atoms with Crippen LogP contribution in [0.5, 0.6) is 5.75 Å². The first kappa shape index (κ1) is 21.2. The first-order valence-corrected chi connectivity index (χ1v) is 12.2. The molecule has 0 bridgehead atoms. The van der Waals surface area contributed by atoms with Gasteiger partial charge in [-0.3, -0.25) is 4.79 Å². The maximum atomic E-state index is 12.4. The van der Waals surface area contributed by atoms with Crippen molar-refractivity contribution in [2.75, 3.05) is 18.8 Å². The molecule has 1 saturated carbocycles. The fourth-order valence-electron chi connectivity index (χ4n) is 4.38. The smallest absolute Gasteiger partial charge is 0.233 e. The monoisotopic (exact) mass is 428 g/mol. The van der Waals surface area contributed by atoms with Crippen molar-refractivity contribution in [2.45, 2.75) is 69.0 Å². The number of benzene rings is 1. The highest BCUT2D eigenvalue weighted by Crippen LogP contribution is 2.33. The van der Waals surface area contributed by atoms with E-state index < -0.39 is 0 Å². The minimum atomic E-state index is 0.193. The van der Waals surface area contributed by atoms with E-state index in [0.29, 0.717) is 18.3 Å². The second-order valence-electron chi connectivity index (χ2n) is 8.38. The van der Waals surface area contributed by atoms with Gasteiger partial charge < -0.3 is 14.2 Å². The van der Waals surface area contributed by atoms with Crippen molar-refractivity contribution in [3.05, 3.63) is 35.7 Å². The number of aromatic nitrogens is 3. The van der Waals surface area contributed by atoms with Gasteiger partial charge in [0, 0.05) is 20.1 Å². The van der Waals surface area contributed by atoms with Gasteiger partial charge in [-0.25, -0.2) is 0 Å². The number of carbonyl (C=O) groups excluding carboxylic acids is 1. The number of amides is 1. The van der Waals surface area contributed by atoms with Crippen LogP contribution in [-0.2, 0) is 18.4 Å². The number of hydrogen-bond donors (Lipinski definition) is 0. The number of carbonyl (C=O) groups is 1. The summed E-state index contributed by atoms with van der Waals surface area (Å²) < 4.78 is 7.86. The van der Waals surface area contributed by atoms with E-state index in [1.165, 1.54) is 55.9 Å². The molecule has 1 saturated heterocycles. The Morgan fingerprint density at radius 1 is 1.03 bits per heavy atom. The molecular formula is C23H32N4O2S. The summed E-state index contributed by atoms with van der Waals surface area (Å²) in [6.07, 6.45) is 10.1. The molecule has 1 aromatic heterocycles. The van der Waals surface area contributed by atoms with Crippen molar-refractivity contribution < 1.29 is 9.53 Å². The standard InChI is InChI=1S/C23H32N4O2S/c1-26-21(24-25-23(26)30-17-22(28)27-14-6-3-7-15-27)16-29-20-12-10-19(11-13-20)18-8-4-2-5-9-18/h10-13,18H,2-9,14-17H2,1H3. The van der Waals surface area contributed by atoms with Crippen molar-refractivity contribution in [3.63, 3.8) is 0 Å². The molecule has 0 spiro atoms. The Labute approximate surface area is 183 Å². The third-order valence-corrected chi connectivity index (χ3v) is 7.29. The summed E-state index contributed by atoms with van der Waals surface area (Å²) in [6.45, 7) is 2.14. The normalized spacial score (nSPS) is 17.8. The molecule has 2 aromatic rings. The van der Waals surface area contributed by atoms with Crippen LogP contribution in [-0.4, -0.2) is 44.4 Å². The molecule has 4 rings (SSSR count). The number of rotatable bonds is 7. The van der Waals surface area contributed by atoms with Gasteiger partial charge in [-0.2, -0.15) is 0 Å². The summed E-state index contributed by atoms with van der Waals surface area (Å²) in [5.41, 5.74) is 1.43. The number of thioether (sulfide) groups is 1. The molecule has 2 aliphatic rings. The predicted octanol–water partition coefficient (Wildman–Crippen LogP) is 4.55. The maximum Gasteiger partial charge on any atom is 0.233 e. The number of nitrogens with zero attached hydrogens (tertiary/aromatic N) is 4. The molecule has 6 nitrogen and oxygen atoms in total. The zero-order valence-corrected chi connectivity index (χ0v) is 18.7. The van der Waals surface area contributed by atoms with E-state index in [1.54, 1.807) is 0 Å². The lowest BCUT2D eigenvalue weighted by atomic mass is 9.84. The van der Waals surface area contributed by atoms with Gasteiger partial charge in [0.1, 0.15) is 12.4 Å². The van der Waals surface area contributed by atoms with Crippen molar-refractivity contribution in [1.82, 2.24) is 19.7 Å². The van der Waals surface area contributed by atoms with Crippen LogP contribution < -0.4 is 4.74 Å². The number of hydrogen-bond acceptors (Lipinski definition) is 5. The number of ether oxygens (including phenoxy) is 1. The summed E-state index contributed by atoms with van der Waals surface area (Å²) >= 11 is 1.45. The van der Waals surface area contributed by atoms with Gasteiger partial charge in [0.25, 0.3) is 0 Å². The number of piperidine rings is 1. The highest BCUT2D eigenvalue weighted by atomic mass is 32.2. The minimum Gasteiger partial charge on any atom is -0.486 e. The molecule has 30 heavy (non-hydrogen) atoms. The molecule has 162 valence electrons. The van der Waals surface area contributed by atoms with Crippen LogP contribution in [0, 0.1) is 0 Å². The van der Waals surface area contributed by atoms with E-state index in [9.17, 15) is 4.79 Å². The van der Waals surface area contributed by atoms with Gasteiger partial charge >= 0.3 is 0 Å². The topological polar surface area (TPSA) is 60.2 Å². The van der Waals surface area contributed by atoms with Crippen molar-refractivity contribution in [2.24, 2.45) is 7.05 Å². The summed E-state index contributed by atoms with van der Waals surface area (Å²) in [6, 6.07) is 8.53. The first-order valence-electron chi connectivity index (χ1n) is 11.2. The Bertz CT molecular complexity index is 824. The van der Waals surface area contributed by atoms with Gasteiger partial charge in [-0.1, -0.05) is 43.2 Å². The second kappa shape index (κ2) is 10.3. The van der Waals surface area contributed by atoms with Gasteiger partial charge in [0.2, 0.25) is 5.91 Å². The second-order valence-corrected chi connectivity index (χ2v) is 9.32. The van der Waals surface area contributed by atoms with Crippen LogP contribution in [0.4, 0.5) is 0 Å². The third kappa shape index (κ3) is 5.36. The Morgan fingerprint density at radius 2 is 1.73 bits per heavy atom. The van der Waals surface area contributed by atoms with Crippen LogP contribution in [0.15, 0.2) is 29.4 Å². The summed E-state index contributed by atoms with van der Waals surface area (Å²) in [5.74, 6) is 2.93. The quantitative estimate of drug-likeness (QED) is 0.606. The molecule has 1 aliphatic carbocycles. The summed E-state index contributed by atoms with van der Waals surface area (Å²) in [7, 11) is 1.93. The highest BCUT2D eigenvalue weighted by molar-refractivity contribution is 7.99. The van der Waals surface area contributed by atoms with Crippen LogP contribution in [0.1, 0.15) is 68.7 Å². The van der Waals surface area contributed by atoms with E-state index in [-0.39, 0.29) is 5.91 Å². The Morgan fingerprint density at radius 3 is 2.47 bits per heavy atom. The molecular weight excluding hydrogens is 396 g/mol. The van der Waals surface area contributed by atoms with E-state index in [0.717, 1.165) is 42.7 Å². The number of likely N-dealkylation sites (tertiary alicyclic amines) is 1. The fourth-order valence-corrected chi connectivity index (χ4v) is 5.21. The summed E-state index contributed by atoms with van der Waals surface area (Å²) in [5, 5.41) is 9.26. The van der Waals surface area contributed by atoms with E-state index in [2.05, 4.69) is 34.5 Å². The van der Waals surface area contributed by atoms with Crippen LogP contribution in [0.3, 0.4) is 0 Å². The molecule has 1 aromatic carbocycles. The maximum absolute atomic E-state index is 12.4. The molecule has 2 heterocycles. The van der Waals surface area contributed by atoms with Crippen LogP contribution in [0.25, 0.3) is 0 Å². The molecule has 7 heteroatoms. The van der Waals surface area contributed by atoms with Gasteiger partial charge in [0.05, 0.1) is 5.75 Å². The molecule has 0 atom stereocenters. The average Bonchev–Trinajstić information content (AvgIpc) is 3.17. The molecule has 0 N–H and O–H groups in total. The Kier molecular flexibility index (Phi) is 7.31. The molecule has 1 amide bonds. The SMILES string of the molecule is Cn1c(COc2ccc(C3CCCCC3)cc2)nnc1SCC(=O)N1CCCCC1. The zero-order chi connectivity index (χ0) is 20.8. The van der Waals surface area contributed by atoms with Crippen LogP contribution >= 0.6 is 11.8 Å². The predicted molar refractivity (Wildman–Crippen MR) is 119 cm³/mol. The van der Waals surface area contributed by atoms with Crippen molar-refractivity contribution in [3.8, 4) is 5.75 Å². The third-order valence-electron chi connectivity index (χ3n) is 6.28. The van der Waals surface area contributed by atoms with E-state index in [1.807, 2.05) is 16.5 Å². The molecule has 0 unspecified atom stereocenters. The van der Waals surface area contributed by atoms with Crippen molar-refractivity contribution >= 4 is 17.7 Å². The zero-order valence-electron chi connectivity index (χ0n) is 17.9. The molecule has 2 fully saturated rings.